The van der Waals surface area contributed by atoms with Gasteiger partial charge in [-0.3, -0.25) is 5.32 Å². The molecule has 0 aliphatic heterocycles. The Kier molecular flexibility index (Phi) is 5.94. The van der Waals surface area contributed by atoms with Crippen molar-refractivity contribution in [3.63, 3.8) is 0 Å². The van der Waals surface area contributed by atoms with Gasteiger partial charge < -0.3 is 9.15 Å². The number of methoxy groups -OCH3 is 1. The van der Waals surface area contributed by atoms with E-state index in [0.717, 1.165) is 5.56 Å². The molecule has 0 spiro atoms. The van der Waals surface area contributed by atoms with Crippen LogP contribution in [0, 0.1) is 0 Å². The summed E-state index contributed by atoms with van der Waals surface area (Å²) >= 11 is 1.54. The molecule has 0 aliphatic rings. The lowest BCUT2D eigenvalue weighted by molar-refractivity contribution is 0.187. The molecule has 142 valence electrons. The van der Waals surface area contributed by atoms with Crippen molar-refractivity contribution in [2.75, 3.05) is 19.0 Å². The van der Waals surface area contributed by atoms with E-state index in [-0.39, 0.29) is 17.4 Å². The van der Waals surface area contributed by atoms with Crippen LogP contribution in [0.4, 0.5) is 10.5 Å². The molecule has 1 atom stereocenters. The number of rotatable bonds is 7. The third-order valence-electron chi connectivity index (χ3n) is 3.91. The zero-order valence-electron chi connectivity index (χ0n) is 14.4. The zero-order valence-corrected chi connectivity index (χ0v) is 16.0. The summed E-state index contributed by atoms with van der Waals surface area (Å²) in [6.45, 7) is 0.161. The Bertz CT molecular complexity index is 931. The van der Waals surface area contributed by atoms with Crippen molar-refractivity contribution in [2.24, 2.45) is 0 Å². The van der Waals surface area contributed by atoms with Crippen LogP contribution in [0.1, 0.15) is 17.2 Å². The van der Waals surface area contributed by atoms with Crippen molar-refractivity contribution in [3.8, 4) is 0 Å². The first kappa shape index (κ1) is 19.2. The minimum atomic E-state index is -3.72. The molecule has 3 aromatic rings. The molecule has 0 saturated heterocycles. The lowest BCUT2D eigenvalue weighted by Gasteiger charge is -2.15. The fourth-order valence-corrected chi connectivity index (χ4v) is 4.27. The average molecular weight is 406 g/mol. The van der Waals surface area contributed by atoms with Gasteiger partial charge >= 0.3 is 6.09 Å². The van der Waals surface area contributed by atoms with E-state index >= 15 is 0 Å². The van der Waals surface area contributed by atoms with Crippen LogP contribution in [0.25, 0.3) is 0 Å². The number of nitrogens with one attached hydrogen (secondary N) is 2. The van der Waals surface area contributed by atoms with Gasteiger partial charge in [0.2, 0.25) is 10.0 Å². The van der Waals surface area contributed by atoms with Crippen LogP contribution < -0.4 is 10.0 Å². The van der Waals surface area contributed by atoms with Crippen LogP contribution in [0.2, 0.25) is 0 Å². The maximum Gasteiger partial charge on any atom is 0.411 e. The van der Waals surface area contributed by atoms with Crippen LogP contribution in [0.3, 0.4) is 0 Å². The largest absolute Gasteiger partial charge is 0.469 e. The molecule has 1 amide bonds. The lowest BCUT2D eigenvalue weighted by Crippen LogP contribution is -2.28. The second kappa shape index (κ2) is 8.38. The molecule has 3 rings (SSSR count). The van der Waals surface area contributed by atoms with Gasteiger partial charge in [-0.25, -0.2) is 17.9 Å². The van der Waals surface area contributed by atoms with E-state index in [1.807, 2.05) is 22.9 Å². The Labute approximate surface area is 161 Å². The van der Waals surface area contributed by atoms with Crippen LogP contribution in [0.5, 0.6) is 0 Å². The minimum absolute atomic E-state index is 0.0985. The molecular formula is C18H18N2O5S2. The number of thiophene rings is 1. The van der Waals surface area contributed by atoms with Gasteiger partial charge in [-0.1, -0.05) is 0 Å². The van der Waals surface area contributed by atoms with Crippen molar-refractivity contribution in [1.82, 2.24) is 4.72 Å². The highest BCUT2D eigenvalue weighted by atomic mass is 32.2. The minimum Gasteiger partial charge on any atom is -0.469 e. The van der Waals surface area contributed by atoms with Gasteiger partial charge in [-0.15, -0.1) is 0 Å². The second-order valence-corrected chi connectivity index (χ2v) is 8.16. The summed E-state index contributed by atoms with van der Waals surface area (Å²) in [5.41, 5.74) is 1.42. The first-order valence-electron chi connectivity index (χ1n) is 8.00. The number of amides is 1. The Morgan fingerprint density at radius 2 is 2.00 bits per heavy atom. The van der Waals surface area contributed by atoms with E-state index in [9.17, 15) is 13.2 Å². The maximum atomic E-state index is 12.6. The molecule has 0 aliphatic carbocycles. The summed E-state index contributed by atoms with van der Waals surface area (Å²) in [6.07, 6.45) is 0.941. The number of hydrogen-bond acceptors (Lipinski definition) is 6. The zero-order chi connectivity index (χ0) is 19.3. The molecule has 2 aromatic heterocycles. The number of furan rings is 1. The summed E-state index contributed by atoms with van der Waals surface area (Å²) in [5.74, 6) is 0.468. The monoisotopic (exact) mass is 406 g/mol. The summed E-state index contributed by atoms with van der Waals surface area (Å²) in [6, 6.07) is 11.4. The van der Waals surface area contributed by atoms with Crippen LogP contribution in [-0.4, -0.2) is 28.2 Å². The van der Waals surface area contributed by atoms with Crippen molar-refractivity contribution in [1.29, 1.82) is 0 Å². The molecule has 2 heterocycles. The van der Waals surface area contributed by atoms with Gasteiger partial charge in [-0.05, 0) is 58.8 Å². The molecule has 0 fully saturated rings. The first-order valence-corrected chi connectivity index (χ1v) is 10.4. The number of anilines is 1. The van der Waals surface area contributed by atoms with Crippen molar-refractivity contribution in [2.45, 2.75) is 10.8 Å². The molecule has 1 aromatic carbocycles. The number of benzene rings is 1. The topological polar surface area (TPSA) is 97.6 Å². The Hall–Kier alpha value is -2.62. The maximum absolute atomic E-state index is 12.6. The summed E-state index contributed by atoms with van der Waals surface area (Å²) < 4.78 is 37.8. The van der Waals surface area contributed by atoms with Gasteiger partial charge in [0.1, 0.15) is 5.76 Å². The highest BCUT2D eigenvalue weighted by Crippen LogP contribution is 2.27. The number of ether oxygens (including phenoxy) is 1. The van der Waals surface area contributed by atoms with E-state index < -0.39 is 16.1 Å². The van der Waals surface area contributed by atoms with E-state index in [4.69, 9.17) is 4.42 Å². The molecular weight excluding hydrogens is 388 g/mol. The van der Waals surface area contributed by atoms with Gasteiger partial charge in [0.25, 0.3) is 0 Å². The number of hydrogen-bond donors (Lipinski definition) is 2. The highest BCUT2D eigenvalue weighted by molar-refractivity contribution is 7.89. The molecule has 0 saturated carbocycles. The Balaban J connectivity index is 1.72. The van der Waals surface area contributed by atoms with E-state index in [0.29, 0.717) is 11.4 Å². The molecule has 27 heavy (non-hydrogen) atoms. The number of carbonyl (C=O) groups excluding carboxylic acids is 1. The van der Waals surface area contributed by atoms with Crippen LogP contribution >= 0.6 is 11.3 Å². The van der Waals surface area contributed by atoms with Gasteiger partial charge in [0, 0.05) is 12.2 Å². The SMILES string of the molecule is COC(=O)Nc1ccc(S(=O)(=O)NCC(c2ccsc2)c2ccco2)cc1. The number of carbonyl (C=O) groups is 1. The lowest BCUT2D eigenvalue weighted by atomic mass is 10.00. The van der Waals surface area contributed by atoms with E-state index in [1.165, 1.54) is 42.7 Å². The molecule has 0 bridgehead atoms. The predicted octanol–water partition coefficient (Wildman–Crippen LogP) is 3.63. The quantitative estimate of drug-likeness (QED) is 0.624. The van der Waals surface area contributed by atoms with Gasteiger partial charge in [0.05, 0.1) is 24.2 Å². The van der Waals surface area contributed by atoms with Crippen molar-refractivity contribution >= 4 is 33.1 Å². The second-order valence-electron chi connectivity index (χ2n) is 5.62. The number of sulfonamides is 1. The summed E-state index contributed by atoms with van der Waals surface area (Å²) in [7, 11) is -2.47. The Morgan fingerprint density at radius 3 is 2.59 bits per heavy atom. The standard InChI is InChI=1S/C18H18N2O5S2/c1-24-18(21)20-14-4-6-15(7-5-14)27(22,23)19-11-16(13-8-10-26-12-13)17-3-2-9-25-17/h2-10,12,16,19H,11H2,1H3,(H,20,21). The van der Waals surface area contributed by atoms with Gasteiger partial charge in [0.15, 0.2) is 0 Å². The smallest absolute Gasteiger partial charge is 0.411 e. The molecule has 7 nitrogen and oxygen atoms in total. The third kappa shape index (κ3) is 4.76. The van der Waals surface area contributed by atoms with Gasteiger partial charge in [-0.2, -0.15) is 11.3 Å². The normalized spacial score (nSPS) is 12.5. The molecule has 1 unspecified atom stereocenters. The predicted molar refractivity (Wildman–Crippen MR) is 103 cm³/mol. The summed E-state index contributed by atoms with van der Waals surface area (Å²) in [4.78, 5) is 11.3. The fourth-order valence-electron chi connectivity index (χ4n) is 2.51. The summed E-state index contributed by atoms with van der Waals surface area (Å²) in [5, 5.41) is 6.37. The van der Waals surface area contributed by atoms with E-state index in [2.05, 4.69) is 14.8 Å². The third-order valence-corrected chi connectivity index (χ3v) is 6.05. The fraction of sp³-hybridized carbons (Fsp3) is 0.167. The highest BCUT2D eigenvalue weighted by Gasteiger charge is 2.22. The average Bonchev–Trinajstić information content (AvgIpc) is 3.37. The first-order chi connectivity index (χ1) is 13.0. The van der Waals surface area contributed by atoms with E-state index in [1.54, 1.807) is 12.3 Å². The molecule has 0 radical (unpaired) electrons. The Morgan fingerprint density at radius 1 is 1.22 bits per heavy atom. The molecule has 2 N–H and O–H groups in total. The van der Waals surface area contributed by atoms with Crippen molar-refractivity contribution in [3.05, 3.63) is 70.8 Å². The van der Waals surface area contributed by atoms with Crippen LogP contribution in [0.15, 0.2) is 68.8 Å². The van der Waals surface area contributed by atoms with Crippen LogP contribution in [-0.2, 0) is 14.8 Å². The van der Waals surface area contributed by atoms with Crippen molar-refractivity contribution < 1.29 is 22.4 Å². The molecule has 9 heteroatoms.